The van der Waals surface area contributed by atoms with Crippen molar-refractivity contribution in [2.24, 2.45) is 0 Å². The van der Waals surface area contributed by atoms with Gasteiger partial charge in [0.05, 0.1) is 9.82 Å². The molecule has 0 saturated carbocycles. The number of Topliss-reactive ketones (excluding diaryl/α,β-unsaturated/α-hetero) is 1. The van der Waals surface area contributed by atoms with E-state index in [1.165, 1.54) is 24.8 Å². The molecule has 0 saturated heterocycles. The average molecular weight is 296 g/mol. The fourth-order valence-corrected chi connectivity index (χ4v) is 2.84. The minimum Gasteiger partial charge on any atom is -0.303 e. The smallest absolute Gasteiger partial charge is 0.283 e. The largest absolute Gasteiger partial charge is 0.303 e. The fraction of sp³-hybridized carbons (Fsp3) is 0.500. The van der Waals surface area contributed by atoms with E-state index in [1.54, 1.807) is 12.1 Å². The Bertz CT molecular complexity index is 487. The minimum atomic E-state index is -0.424. The van der Waals surface area contributed by atoms with Gasteiger partial charge in [-0.05, 0) is 32.1 Å². The summed E-state index contributed by atoms with van der Waals surface area (Å²) in [5, 5.41) is 11.1. The maximum Gasteiger partial charge on any atom is 0.283 e. The summed E-state index contributed by atoms with van der Waals surface area (Å²) in [4.78, 5) is 24.8. The van der Waals surface area contributed by atoms with Crippen molar-refractivity contribution in [2.75, 3.05) is 25.4 Å². The number of hydrogen-bond donors (Lipinski definition) is 0. The van der Waals surface area contributed by atoms with Gasteiger partial charge in [0.25, 0.3) is 5.69 Å². The van der Waals surface area contributed by atoms with Crippen molar-refractivity contribution in [3.63, 3.8) is 0 Å². The molecule has 0 N–H and O–H groups in total. The van der Waals surface area contributed by atoms with Gasteiger partial charge in [-0.3, -0.25) is 14.9 Å². The molecule has 0 aromatic heterocycles. The number of carbonyl (C=O) groups is 1. The molecule has 5 nitrogen and oxygen atoms in total. The maximum atomic E-state index is 11.3. The van der Waals surface area contributed by atoms with Crippen LogP contribution in [0.2, 0.25) is 0 Å². The van der Waals surface area contributed by atoms with Crippen LogP contribution in [-0.4, -0.2) is 41.0 Å². The van der Waals surface area contributed by atoms with Gasteiger partial charge in [-0.2, -0.15) is 0 Å². The quantitative estimate of drug-likeness (QED) is 0.319. The molecule has 0 radical (unpaired) electrons. The molecule has 0 atom stereocenters. The van der Waals surface area contributed by atoms with Crippen LogP contribution in [0.15, 0.2) is 23.1 Å². The van der Waals surface area contributed by atoms with Gasteiger partial charge in [0.15, 0.2) is 5.78 Å². The van der Waals surface area contributed by atoms with Crippen molar-refractivity contribution in [1.82, 2.24) is 4.90 Å². The van der Waals surface area contributed by atoms with Crippen LogP contribution >= 0.6 is 11.8 Å². The van der Waals surface area contributed by atoms with E-state index in [1.807, 2.05) is 0 Å². The first-order valence-electron chi connectivity index (χ1n) is 6.64. The first-order valence-corrected chi connectivity index (χ1v) is 7.62. The normalized spacial score (nSPS) is 10.8. The summed E-state index contributed by atoms with van der Waals surface area (Å²) in [5.74, 6) is 0.634. The molecule has 20 heavy (non-hydrogen) atoms. The summed E-state index contributed by atoms with van der Waals surface area (Å²) in [6, 6.07) is 4.68. The van der Waals surface area contributed by atoms with Gasteiger partial charge in [0.1, 0.15) is 0 Å². The van der Waals surface area contributed by atoms with Crippen molar-refractivity contribution in [2.45, 2.75) is 25.7 Å². The lowest BCUT2D eigenvalue weighted by molar-refractivity contribution is -0.387. The van der Waals surface area contributed by atoms with Gasteiger partial charge in [-0.15, -0.1) is 11.8 Å². The van der Waals surface area contributed by atoms with Crippen molar-refractivity contribution in [1.29, 1.82) is 0 Å². The van der Waals surface area contributed by atoms with E-state index in [-0.39, 0.29) is 11.5 Å². The Kier molecular flexibility index (Phi) is 6.67. The highest BCUT2D eigenvalue weighted by atomic mass is 32.2. The molecule has 0 heterocycles. The lowest BCUT2D eigenvalue weighted by Crippen LogP contribution is -2.25. The van der Waals surface area contributed by atoms with Crippen LogP contribution in [0.25, 0.3) is 0 Å². The molecule has 0 unspecified atom stereocenters. The van der Waals surface area contributed by atoms with Crippen LogP contribution < -0.4 is 0 Å². The standard InChI is InChI=1S/C14H20N2O3S/c1-4-15(5-2)8-9-20-14-7-6-12(11(3)17)10-13(14)16(18)19/h6-7,10H,4-5,8-9H2,1-3H3. The third kappa shape index (κ3) is 4.61. The number of nitro groups is 1. The van der Waals surface area contributed by atoms with Gasteiger partial charge in [-0.1, -0.05) is 13.8 Å². The molecule has 0 aliphatic carbocycles. The first-order chi connectivity index (χ1) is 9.49. The van der Waals surface area contributed by atoms with Gasteiger partial charge in [0, 0.05) is 23.9 Å². The Hall–Kier alpha value is -1.40. The number of thioether (sulfide) groups is 1. The molecule has 0 fully saturated rings. The molecule has 0 spiro atoms. The highest BCUT2D eigenvalue weighted by Crippen LogP contribution is 2.30. The Morgan fingerprint density at radius 3 is 2.50 bits per heavy atom. The molecule has 1 aromatic rings. The molecule has 6 heteroatoms. The van der Waals surface area contributed by atoms with E-state index in [0.29, 0.717) is 10.5 Å². The van der Waals surface area contributed by atoms with E-state index < -0.39 is 4.92 Å². The predicted molar refractivity (Wildman–Crippen MR) is 81.6 cm³/mol. The summed E-state index contributed by atoms with van der Waals surface area (Å²) in [6.45, 7) is 8.44. The zero-order valence-electron chi connectivity index (χ0n) is 12.1. The van der Waals surface area contributed by atoms with Gasteiger partial charge >= 0.3 is 0 Å². The molecule has 0 aliphatic heterocycles. The van der Waals surface area contributed by atoms with Crippen LogP contribution in [0, 0.1) is 10.1 Å². The average Bonchev–Trinajstić information content (AvgIpc) is 2.43. The fourth-order valence-electron chi connectivity index (χ4n) is 1.83. The van der Waals surface area contributed by atoms with E-state index in [9.17, 15) is 14.9 Å². The van der Waals surface area contributed by atoms with E-state index in [2.05, 4.69) is 18.7 Å². The minimum absolute atomic E-state index is 0.0160. The zero-order chi connectivity index (χ0) is 15.1. The highest BCUT2D eigenvalue weighted by Gasteiger charge is 2.16. The summed E-state index contributed by atoms with van der Waals surface area (Å²) < 4.78 is 0. The third-order valence-corrected chi connectivity index (χ3v) is 4.16. The number of nitrogens with zero attached hydrogens (tertiary/aromatic N) is 2. The van der Waals surface area contributed by atoms with E-state index in [4.69, 9.17) is 0 Å². The molecule has 0 amide bonds. The Balaban J connectivity index is 2.79. The van der Waals surface area contributed by atoms with Gasteiger partial charge in [0.2, 0.25) is 0 Å². The summed E-state index contributed by atoms with van der Waals surface area (Å²) in [5.41, 5.74) is 0.395. The van der Waals surface area contributed by atoms with Crippen molar-refractivity contribution >= 4 is 23.2 Å². The zero-order valence-corrected chi connectivity index (χ0v) is 12.9. The molecule has 1 rings (SSSR count). The molecular weight excluding hydrogens is 276 g/mol. The number of nitro benzene ring substituents is 1. The second kappa shape index (κ2) is 8.01. The predicted octanol–water partition coefficient (Wildman–Crippen LogP) is 3.23. The number of rotatable bonds is 8. The number of carbonyl (C=O) groups excluding carboxylic acids is 1. The maximum absolute atomic E-state index is 11.3. The van der Waals surface area contributed by atoms with Crippen LogP contribution in [0.5, 0.6) is 0 Å². The van der Waals surface area contributed by atoms with Crippen LogP contribution in [0.3, 0.4) is 0 Å². The van der Waals surface area contributed by atoms with E-state index in [0.717, 1.165) is 25.4 Å². The van der Waals surface area contributed by atoms with Crippen molar-refractivity contribution < 1.29 is 9.72 Å². The Morgan fingerprint density at radius 2 is 2.00 bits per heavy atom. The topological polar surface area (TPSA) is 63.5 Å². The Labute approximate surface area is 123 Å². The van der Waals surface area contributed by atoms with Crippen LogP contribution in [0.1, 0.15) is 31.1 Å². The molecule has 110 valence electrons. The molecule has 0 aliphatic rings. The highest BCUT2D eigenvalue weighted by molar-refractivity contribution is 7.99. The number of benzene rings is 1. The van der Waals surface area contributed by atoms with Crippen molar-refractivity contribution in [3.05, 3.63) is 33.9 Å². The van der Waals surface area contributed by atoms with Gasteiger partial charge < -0.3 is 4.90 Å². The lowest BCUT2D eigenvalue weighted by Gasteiger charge is -2.17. The van der Waals surface area contributed by atoms with Crippen molar-refractivity contribution in [3.8, 4) is 0 Å². The molecular formula is C14H20N2O3S. The molecule has 0 bridgehead atoms. The lowest BCUT2D eigenvalue weighted by atomic mass is 10.1. The SMILES string of the molecule is CCN(CC)CCSc1ccc(C(C)=O)cc1[N+](=O)[O-]. The second-order valence-electron chi connectivity index (χ2n) is 4.37. The number of hydrogen-bond acceptors (Lipinski definition) is 5. The van der Waals surface area contributed by atoms with E-state index >= 15 is 0 Å². The van der Waals surface area contributed by atoms with Crippen LogP contribution in [-0.2, 0) is 0 Å². The summed E-state index contributed by atoms with van der Waals surface area (Å²) in [7, 11) is 0. The Morgan fingerprint density at radius 1 is 1.35 bits per heavy atom. The number of ketones is 1. The third-order valence-electron chi connectivity index (χ3n) is 3.12. The first kappa shape index (κ1) is 16.7. The van der Waals surface area contributed by atoms with Crippen LogP contribution in [0.4, 0.5) is 5.69 Å². The molecule has 1 aromatic carbocycles. The monoisotopic (exact) mass is 296 g/mol. The van der Waals surface area contributed by atoms with Gasteiger partial charge in [-0.25, -0.2) is 0 Å². The summed E-state index contributed by atoms with van der Waals surface area (Å²) in [6.07, 6.45) is 0. The summed E-state index contributed by atoms with van der Waals surface area (Å²) >= 11 is 1.46. The second-order valence-corrected chi connectivity index (χ2v) is 5.51.